The third-order valence-electron chi connectivity index (χ3n) is 6.51. The van der Waals surface area contributed by atoms with Crippen molar-refractivity contribution < 1.29 is 13.2 Å². The summed E-state index contributed by atoms with van der Waals surface area (Å²) in [5, 5.41) is 11.3. The van der Waals surface area contributed by atoms with Gasteiger partial charge in [-0.25, -0.2) is 8.42 Å². The van der Waals surface area contributed by atoms with Crippen molar-refractivity contribution in [2.45, 2.75) is 24.7 Å². The van der Waals surface area contributed by atoms with Crippen molar-refractivity contribution in [2.75, 3.05) is 37.7 Å². The first-order chi connectivity index (χ1) is 17.6. The van der Waals surface area contributed by atoms with Crippen molar-refractivity contribution in [3.05, 3.63) is 78.9 Å². The number of benzene rings is 3. The molecule has 0 N–H and O–H groups in total. The lowest BCUT2D eigenvalue weighted by Gasteiger charge is -2.34. The van der Waals surface area contributed by atoms with Crippen molar-refractivity contribution in [3.63, 3.8) is 0 Å². The molecule has 186 valence electrons. The Labute approximate surface area is 212 Å². The molecule has 0 spiro atoms. The number of fused-ring (bicyclic) bond motifs is 1. The molecule has 5 rings (SSSR count). The standard InChI is InChI=1S/C28H30N4O3S/c1-2-3-21-35-23-11-13-24(14-12-23)36(33,34)32-19-17-31(18-20-32)28-16-15-27(29-30-28)26-10-6-8-22-7-4-5-9-25(22)26/h4-16H,2-3,17-21H2,1H3. The minimum atomic E-state index is -3.56. The molecule has 4 aromatic rings. The quantitative estimate of drug-likeness (QED) is 0.316. The Morgan fingerprint density at radius 3 is 2.31 bits per heavy atom. The maximum Gasteiger partial charge on any atom is 0.243 e. The molecule has 0 radical (unpaired) electrons. The van der Waals surface area contributed by atoms with Crippen LogP contribution < -0.4 is 9.64 Å². The molecular weight excluding hydrogens is 472 g/mol. The number of hydrogen-bond acceptors (Lipinski definition) is 6. The monoisotopic (exact) mass is 502 g/mol. The average Bonchev–Trinajstić information content (AvgIpc) is 2.93. The van der Waals surface area contributed by atoms with E-state index >= 15 is 0 Å². The summed E-state index contributed by atoms with van der Waals surface area (Å²) in [6, 6.07) is 25.1. The van der Waals surface area contributed by atoms with Crippen LogP contribution in [-0.4, -0.2) is 55.7 Å². The molecule has 2 heterocycles. The number of nitrogens with zero attached hydrogens (tertiary/aromatic N) is 4. The Bertz CT molecular complexity index is 1410. The fraction of sp³-hybridized carbons (Fsp3) is 0.286. The van der Waals surface area contributed by atoms with E-state index < -0.39 is 10.0 Å². The van der Waals surface area contributed by atoms with E-state index in [1.165, 1.54) is 4.31 Å². The van der Waals surface area contributed by atoms with Gasteiger partial charge in [-0.2, -0.15) is 4.31 Å². The summed E-state index contributed by atoms with van der Waals surface area (Å²) in [6.07, 6.45) is 2.03. The number of hydrogen-bond donors (Lipinski definition) is 0. The molecule has 1 aliphatic rings. The van der Waals surface area contributed by atoms with Crippen LogP contribution in [-0.2, 0) is 10.0 Å². The van der Waals surface area contributed by atoms with Gasteiger partial charge in [0, 0.05) is 31.7 Å². The first-order valence-electron chi connectivity index (χ1n) is 12.4. The number of piperazine rings is 1. The number of ether oxygens (including phenoxy) is 1. The maximum absolute atomic E-state index is 13.1. The molecule has 0 amide bonds. The van der Waals surface area contributed by atoms with Crippen LogP contribution in [0.4, 0.5) is 5.82 Å². The van der Waals surface area contributed by atoms with E-state index in [1.807, 2.05) is 30.3 Å². The topological polar surface area (TPSA) is 75.6 Å². The van der Waals surface area contributed by atoms with E-state index in [0.29, 0.717) is 38.5 Å². The largest absolute Gasteiger partial charge is 0.494 e. The second-order valence-electron chi connectivity index (χ2n) is 8.87. The second kappa shape index (κ2) is 10.6. The van der Waals surface area contributed by atoms with E-state index in [4.69, 9.17) is 4.74 Å². The molecule has 1 fully saturated rings. The minimum Gasteiger partial charge on any atom is -0.494 e. The van der Waals surface area contributed by atoms with E-state index in [2.05, 4.69) is 46.3 Å². The fourth-order valence-electron chi connectivity index (χ4n) is 4.44. The third-order valence-corrected chi connectivity index (χ3v) is 8.42. The normalized spacial score (nSPS) is 14.8. The smallest absolute Gasteiger partial charge is 0.243 e. The molecule has 0 unspecified atom stereocenters. The van der Waals surface area contributed by atoms with Gasteiger partial charge in [0.25, 0.3) is 0 Å². The number of aromatic nitrogens is 2. The lowest BCUT2D eigenvalue weighted by Crippen LogP contribution is -2.48. The maximum atomic E-state index is 13.1. The van der Waals surface area contributed by atoms with Gasteiger partial charge in [0.2, 0.25) is 10.0 Å². The zero-order valence-corrected chi connectivity index (χ0v) is 21.2. The summed E-state index contributed by atoms with van der Waals surface area (Å²) < 4.78 is 33.5. The Hall–Kier alpha value is -3.49. The third kappa shape index (κ3) is 5.05. The lowest BCUT2D eigenvalue weighted by molar-refractivity contribution is 0.309. The summed E-state index contributed by atoms with van der Waals surface area (Å²) in [5.74, 6) is 1.45. The highest BCUT2D eigenvalue weighted by molar-refractivity contribution is 7.89. The number of rotatable bonds is 8. The zero-order chi connectivity index (χ0) is 25.0. The molecule has 7 nitrogen and oxygen atoms in total. The number of unbranched alkanes of at least 4 members (excludes halogenated alkanes) is 1. The van der Waals surface area contributed by atoms with Crippen molar-refractivity contribution in [1.82, 2.24) is 14.5 Å². The zero-order valence-electron chi connectivity index (χ0n) is 20.4. The first-order valence-corrected chi connectivity index (χ1v) is 13.8. The Morgan fingerprint density at radius 1 is 0.833 bits per heavy atom. The van der Waals surface area contributed by atoms with E-state index in [-0.39, 0.29) is 4.90 Å². The molecule has 0 atom stereocenters. The molecule has 1 saturated heterocycles. The second-order valence-corrected chi connectivity index (χ2v) is 10.8. The lowest BCUT2D eigenvalue weighted by atomic mass is 10.0. The van der Waals surface area contributed by atoms with Crippen LogP contribution in [0.25, 0.3) is 22.0 Å². The molecule has 0 bridgehead atoms. The highest BCUT2D eigenvalue weighted by atomic mass is 32.2. The van der Waals surface area contributed by atoms with Gasteiger partial charge in [0.15, 0.2) is 5.82 Å². The van der Waals surface area contributed by atoms with Gasteiger partial charge in [0.05, 0.1) is 17.2 Å². The molecule has 1 aliphatic heterocycles. The SMILES string of the molecule is CCCCOc1ccc(S(=O)(=O)N2CCN(c3ccc(-c4cccc5ccccc45)nn3)CC2)cc1. The van der Waals surface area contributed by atoms with Crippen LogP contribution in [0.15, 0.2) is 83.8 Å². The molecular formula is C28H30N4O3S. The van der Waals surface area contributed by atoms with Crippen molar-refractivity contribution in [3.8, 4) is 17.0 Å². The summed E-state index contributed by atoms with van der Waals surface area (Å²) in [6.45, 7) is 4.64. The van der Waals surface area contributed by atoms with Crippen molar-refractivity contribution >= 4 is 26.6 Å². The van der Waals surface area contributed by atoms with Crippen LogP contribution in [0.5, 0.6) is 5.75 Å². The predicted octanol–water partition coefficient (Wildman–Crippen LogP) is 4.99. The highest BCUT2D eigenvalue weighted by Gasteiger charge is 2.29. The van der Waals surface area contributed by atoms with E-state index in [1.54, 1.807) is 24.3 Å². The molecule has 8 heteroatoms. The van der Waals surface area contributed by atoms with Gasteiger partial charge in [-0.3, -0.25) is 0 Å². The summed E-state index contributed by atoms with van der Waals surface area (Å²) in [5.41, 5.74) is 1.86. The summed E-state index contributed by atoms with van der Waals surface area (Å²) in [4.78, 5) is 2.37. The van der Waals surface area contributed by atoms with Crippen LogP contribution >= 0.6 is 0 Å². The van der Waals surface area contributed by atoms with Gasteiger partial charge < -0.3 is 9.64 Å². The van der Waals surface area contributed by atoms with Gasteiger partial charge in [0.1, 0.15) is 5.75 Å². The molecule has 0 saturated carbocycles. The first kappa shape index (κ1) is 24.2. The number of anilines is 1. The molecule has 36 heavy (non-hydrogen) atoms. The van der Waals surface area contributed by atoms with Gasteiger partial charge in [-0.05, 0) is 53.6 Å². The van der Waals surface area contributed by atoms with E-state index in [0.717, 1.165) is 40.7 Å². The summed E-state index contributed by atoms with van der Waals surface area (Å²) >= 11 is 0. The molecule has 3 aromatic carbocycles. The predicted molar refractivity (Wildman–Crippen MR) is 143 cm³/mol. The van der Waals surface area contributed by atoms with Crippen LogP contribution in [0, 0.1) is 0 Å². The van der Waals surface area contributed by atoms with Gasteiger partial charge in [-0.1, -0.05) is 55.8 Å². The Balaban J connectivity index is 1.23. The van der Waals surface area contributed by atoms with Crippen LogP contribution in [0.2, 0.25) is 0 Å². The van der Waals surface area contributed by atoms with Crippen LogP contribution in [0.1, 0.15) is 19.8 Å². The fourth-order valence-corrected chi connectivity index (χ4v) is 5.86. The van der Waals surface area contributed by atoms with Crippen molar-refractivity contribution in [2.24, 2.45) is 0 Å². The molecule has 1 aromatic heterocycles. The van der Waals surface area contributed by atoms with Crippen molar-refractivity contribution in [1.29, 1.82) is 0 Å². The Kier molecular flexibility index (Phi) is 7.16. The summed E-state index contributed by atoms with van der Waals surface area (Å²) in [7, 11) is -3.56. The number of sulfonamides is 1. The van der Waals surface area contributed by atoms with Crippen LogP contribution in [0.3, 0.4) is 0 Å². The highest BCUT2D eigenvalue weighted by Crippen LogP contribution is 2.28. The average molecular weight is 503 g/mol. The Morgan fingerprint density at radius 2 is 1.58 bits per heavy atom. The van der Waals surface area contributed by atoms with Gasteiger partial charge >= 0.3 is 0 Å². The van der Waals surface area contributed by atoms with E-state index in [9.17, 15) is 8.42 Å². The van der Waals surface area contributed by atoms with Gasteiger partial charge in [-0.15, -0.1) is 10.2 Å². The molecule has 0 aliphatic carbocycles. The minimum absolute atomic E-state index is 0.290.